The first-order chi connectivity index (χ1) is 9.15. The molecule has 1 aliphatic carbocycles. The molecule has 0 N–H and O–H groups in total. The van der Waals surface area contributed by atoms with Crippen LogP contribution in [0.1, 0.15) is 43.9 Å². The molecule has 3 heteroatoms. The highest BCUT2D eigenvalue weighted by atomic mass is 19.1. The summed E-state index contributed by atoms with van der Waals surface area (Å²) in [6.07, 6.45) is 2.94. The Morgan fingerprint density at radius 2 is 2.00 bits per heavy atom. The zero-order chi connectivity index (χ0) is 13.6. The average Bonchev–Trinajstić information content (AvgIpc) is 3.23. The maximum absolute atomic E-state index is 14.1. The molecule has 1 aromatic carbocycles. The third kappa shape index (κ3) is 1.97. The van der Waals surface area contributed by atoms with E-state index in [0.29, 0.717) is 11.3 Å². The summed E-state index contributed by atoms with van der Waals surface area (Å²) >= 11 is 0. The van der Waals surface area contributed by atoms with Gasteiger partial charge in [-0.2, -0.15) is 0 Å². The Kier molecular flexibility index (Phi) is 2.92. The lowest BCUT2D eigenvalue weighted by Crippen LogP contribution is -2.14. The Balaban J connectivity index is 2.37. The van der Waals surface area contributed by atoms with E-state index in [1.165, 1.54) is 6.07 Å². The molecule has 1 saturated carbocycles. The van der Waals surface area contributed by atoms with Gasteiger partial charge in [0, 0.05) is 23.7 Å². The van der Waals surface area contributed by atoms with Crippen molar-refractivity contribution < 1.29 is 4.39 Å². The first-order valence-corrected chi connectivity index (χ1v) is 7.01. The monoisotopic (exact) mass is 259 g/mol. The minimum atomic E-state index is -0.223. The summed E-state index contributed by atoms with van der Waals surface area (Å²) in [4.78, 5) is 12.1. The molecule has 100 valence electrons. The number of hydrogen-bond acceptors (Lipinski definition) is 1. The highest BCUT2D eigenvalue weighted by Gasteiger charge is 2.27. The fourth-order valence-electron chi connectivity index (χ4n) is 2.83. The van der Waals surface area contributed by atoms with Crippen molar-refractivity contribution in [1.82, 2.24) is 4.57 Å². The lowest BCUT2D eigenvalue weighted by Gasteiger charge is -2.15. The van der Waals surface area contributed by atoms with Gasteiger partial charge in [-0.15, -0.1) is 0 Å². The van der Waals surface area contributed by atoms with Gasteiger partial charge in [-0.25, -0.2) is 4.39 Å². The SMILES string of the molecule is CCc1cc(=O)c2cc(F)c(C3CC3)cc2n1CC. The highest BCUT2D eigenvalue weighted by molar-refractivity contribution is 5.80. The number of fused-ring (bicyclic) bond motifs is 1. The zero-order valence-electron chi connectivity index (χ0n) is 11.4. The lowest BCUT2D eigenvalue weighted by atomic mass is 10.0. The number of rotatable bonds is 3. The van der Waals surface area contributed by atoms with E-state index < -0.39 is 0 Å². The first-order valence-electron chi connectivity index (χ1n) is 7.01. The van der Waals surface area contributed by atoms with Gasteiger partial charge >= 0.3 is 0 Å². The van der Waals surface area contributed by atoms with Crippen LogP contribution in [0.5, 0.6) is 0 Å². The van der Waals surface area contributed by atoms with Gasteiger partial charge in [0.15, 0.2) is 5.43 Å². The van der Waals surface area contributed by atoms with Gasteiger partial charge in [0.1, 0.15) is 5.82 Å². The Labute approximate surface area is 111 Å². The van der Waals surface area contributed by atoms with Crippen LogP contribution in [0.25, 0.3) is 10.9 Å². The molecule has 3 rings (SSSR count). The summed E-state index contributed by atoms with van der Waals surface area (Å²) in [5, 5.41) is 0.501. The molecule has 19 heavy (non-hydrogen) atoms. The fourth-order valence-corrected chi connectivity index (χ4v) is 2.83. The number of pyridine rings is 1. The molecule has 0 unspecified atom stereocenters. The quantitative estimate of drug-likeness (QED) is 0.825. The second kappa shape index (κ2) is 4.48. The molecule has 0 radical (unpaired) electrons. The standard InChI is InChI=1S/C16H18FNO/c1-3-11-7-16(19)13-8-14(17)12(10-5-6-10)9-15(13)18(11)4-2/h7-10H,3-6H2,1-2H3. The third-order valence-electron chi connectivity index (χ3n) is 4.01. The predicted molar refractivity (Wildman–Crippen MR) is 75.2 cm³/mol. The first kappa shape index (κ1) is 12.4. The van der Waals surface area contributed by atoms with E-state index in [1.54, 1.807) is 6.07 Å². The number of halogens is 1. The van der Waals surface area contributed by atoms with Crippen molar-refractivity contribution in [2.75, 3.05) is 0 Å². The van der Waals surface area contributed by atoms with Crippen LogP contribution in [0.2, 0.25) is 0 Å². The van der Waals surface area contributed by atoms with Crippen molar-refractivity contribution in [1.29, 1.82) is 0 Å². The Morgan fingerprint density at radius 1 is 1.26 bits per heavy atom. The molecule has 1 aromatic heterocycles. The summed E-state index contributed by atoms with van der Waals surface area (Å²) in [6, 6.07) is 4.96. The average molecular weight is 259 g/mol. The summed E-state index contributed by atoms with van der Waals surface area (Å²) in [7, 11) is 0. The minimum absolute atomic E-state index is 0.0715. The molecule has 0 saturated heterocycles. The number of nitrogens with zero attached hydrogens (tertiary/aromatic N) is 1. The van der Waals surface area contributed by atoms with Crippen molar-refractivity contribution in [3.05, 3.63) is 45.5 Å². The minimum Gasteiger partial charge on any atom is -0.345 e. The largest absolute Gasteiger partial charge is 0.345 e. The van der Waals surface area contributed by atoms with Crippen LogP contribution in [-0.2, 0) is 13.0 Å². The van der Waals surface area contributed by atoms with Crippen LogP contribution in [0, 0.1) is 5.82 Å². The highest BCUT2D eigenvalue weighted by Crippen LogP contribution is 2.42. The predicted octanol–water partition coefficient (Wildman–Crippen LogP) is 3.60. The summed E-state index contributed by atoms with van der Waals surface area (Å²) in [5.41, 5.74) is 2.61. The van der Waals surface area contributed by atoms with Crippen LogP contribution in [-0.4, -0.2) is 4.57 Å². The van der Waals surface area contributed by atoms with E-state index in [-0.39, 0.29) is 11.2 Å². The van der Waals surface area contributed by atoms with E-state index in [9.17, 15) is 9.18 Å². The smallest absolute Gasteiger partial charge is 0.189 e. The van der Waals surface area contributed by atoms with Crippen molar-refractivity contribution in [2.45, 2.75) is 45.6 Å². The van der Waals surface area contributed by atoms with Crippen LogP contribution < -0.4 is 5.43 Å². The molecule has 1 fully saturated rings. The number of aromatic nitrogens is 1. The Morgan fingerprint density at radius 3 is 2.58 bits per heavy atom. The van der Waals surface area contributed by atoms with Crippen LogP contribution in [0.15, 0.2) is 23.0 Å². The molecule has 1 aliphatic rings. The summed E-state index contributed by atoms with van der Waals surface area (Å²) in [6.45, 7) is 4.90. The lowest BCUT2D eigenvalue weighted by molar-refractivity contribution is 0.611. The third-order valence-corrected chi connectivity index (χ3v) is 4.01. The van der Waals surface area contributed by atoms with Crippen molar-refractivity contribution >= 4 is 10.9 Å². The molecule has 0 spiro atoms. The summed E-state index contributed by atoms with van der Waals surface area (Å²) < 4.78 is 16.2. The fraction of sp³-hybridized carbons (Fsp3) is 0.438. The summed E-state index contributed by atoms with van der Waals surface area (Å²) in [5.74, 6) is 0.133. The molecular weight excluding hydrogens is 241 g/mol. The van der Waals surface area contributed by atoms with E-state index in [1.807, 2.05) is 13.0 Å². The Hall–Kier alpha value is -1.64. The van der Waals surface area contributed by atoms with Crippen molar-refractivity contribution in [2.24, 2.45) is 0 Å². The maximum atomic E-state index is 14.1. The van der Waals surface area contributed by atoms with Gasteiger partial charge in [0.25, 0.3) is 0 Å². The number of aryl methyl sites for hydroxylation is 2. The normalized spacial score (nSPS) is 15.1. The van der Waals surface area contributed by atoms with E-state index in [4.69, 9.17) is 0 Å². The van der Waals surface area contributed by atoms with Gasteiger partial charge in [-0.3, -0.25) is 4.79 Å². The molecule has 0 amide bonds. The van der Waals surface area contributed by atoms with Crippen molar-refractivity contribution in [3.63, 3.8) is 0 Å². The zero-order valence-corrected chi connectivity index (χ0v) is 11.4. The molecule has 0 bridgehead atoms. The molecule has 0 aliphatic heterocycles. The number of benzene rings is 1. The van der Waals surface area contributed by atoms with Crippen LogP contribution in [0.4, 0.5) is 4.39 Å². The molecule has 1 heterocycles. The topological polar surface area (TPSA) is 22.0 Å². The van der Waals surface area contributed by atoms with E-state index in [2.05, 4.69) is 11.5 Å². The second-order valence-electron chi connectivity index (χ2n) is 5.26. The van der Waals surface area contributed by atoms with Crippen LogP contribution in [0.3, 0.4) is 0 Å². The number of hydrogen-bond donors (Lipinski definition) is 0. The van der Waals surface area contributed by atoms with Crippen LogP contribution >= 0.6 is 0 Å². The molecular formula is C16H18FNO. The maximum Gasteiger partial charge on any atom is 0.189 e. The Bertz CT molecular complexity index is 698. The van der Waals surface area contributed by atoms with E-state index >= 15 is 0 Å². The van der Waals surface area contributed by atoms with Crippen molar-refractivity contribution in [3.8, 4) is 0 Å². The van der Waals surface area contributed by atoms with Gasteiger partial charge in [0.2, 0.25) is 0 Å². The van der Waals surface area contributed by atoms with Gasteiger partial charge in [-0.1, -0.05) is 6.92 Å². The van der Waals surface area contributed by atoms with Gasteiger partial charge in [0.05, 0.1) is 5.52 Å². The van der Waals surface area contributed by atoms with Gasteiger partial charge in [-0.05, 0) is 49.8 Å². The molecule has 2 nitrogen and oxygen atoms in total. The molecule has 2 aromatic rings. The van der Waals surface area contributed by atoms with Gasteiger partial charge < -0.3 is 4.57 Å². The van der Waals surface area contributed by atoms with E-state index in [0.717, 1.165) is 42.6 Å². The molecule has 0 atom stereocenters. The second-order valence-corrected chi connectivity index (χ2v) is 5.26.